The average Bonchev–Trinajstić information content (AvgIpc) is 3.23. The molecule has 6 nitrogen and oxygen atoms in total. The first kappa shape index (κ1) is 15.4. The minimum atomic E-state index is 0.427. The zero-order valence-electron chi connectivity index (χ0n) is 13.9. The second-order valence-corrected chi connectivity index (χ2v) is 6.32. The lowest BCUT2D eigenvalue weighted by Crippen LogP contribution is -2.34. The van der Waals surface area contributed by atoms with Gasteiger partial charge in [-0.25, -0.2) is 9.97 Å². The molecule has 0 atom stereocenters. The van der Waals surface area contributed by atoms with Crippen LogP contribution in [-0.2, 0) is 17.9 Å². The van der Waals surface area contributed by atoms with Crippen molar-refractivity contribution in [1.29, 1.82) is 0 Å². The molecule has 0 unspecified atom stereocenters. The standard InChI is InChI=1S/C18H22N4O2/c1-23-13-17-20-16-3-2-7-19-18(16)22(17)15-4-8-21(9-5-15)11-14-6-10-24-12-14/h2-3,6-7,10,12,15H,4-5,8-9,11,13H2,1H3. The monoisotopic (exact) mass is 326 g/mol. The number of fused-ring (bicyclic) bond motifs is 1. The summed E-state index contributed by atoms with van der Waals surface area (Å²) >= 11 is 0. The van der Waals surface area contributed by atoms with Gasteiger partial charge in [-0.05, 0) is 31.0 Å². The van der Waals surface area contributed by atoms with Crippen molar-refractivity contribution in [3.63, 3.8) is 0 Å². The minimum Gasteiger partial charge on any atom is -0.472 e. The number of rotatable bonds is 5. The van der Waals surface area contributed by atoms with Gasteiger partial charge in [0.05, 0.1) is 12.5 Å². The summed E-state index contributed by atoms with van der Waals surface area (Å²) in [4.78, 5) is 11.7. The number of furan rings is 1. The Balaban J connectivity index is 1.52. The second kappa shape index (κ2) is 6.75. The molecule has 1 saturated heterocycles. The van der Waals surface area contributed by atoms with Crippen LogP contribution in [0.2, 0.25) is 0 Å². The summed E-state index contributed by atoms with van der Waals surface area (Å²) < 4.78 is 12.8. The Labute approximate surface area is 141 Å². The molecule has 3 aromatic rings. The second-order valence-electron chi connectivity index (χ2n) is 6.32. The fraction of sp³-hybridized carbons (Fsp3) is 0.444. The topological polar surface area (TPSA) is 56.3 Å². The van der Waals surface area contributed by atoms with Gasteiger partial charge in [-0.2, -0.15) is 0 Å². The van der Waals surface area contributed by atoms with Gasteiger partial charge in [-0.15, -0.1) is 0 Å². The van der Waals surface area contributed by atoms with Crippen LogP contribution in [0.15, 0.2) is 41.3 Å². The van der Waals surface area contributed by atoms with E-state index < -0.39 is 0 Å². The highest BCUT2D eigenvalue weighted by Crippen LogP contribution is 2.28. The minimum absolute atomic E-state index is 0.427. The van der Waals surface area contributed by atoms with Crippen LogP contribution in [-0.4, -0.2) is 39.6 Å². The molecule has 0 bridgehead atoms. The third kappa shape index (κ3) is 2.95. The number of ether oxygens (including phenoxy) is 1. The SMILES string of the molecule is COCc1nc2cccnc2n1C1CCN(Cc2ccoc2)CC1. The van der Waals surface area contributed by atoms with Crippen LogP contribution in [0.3, 0.4) is 0 Å². The molecule has 24 heavy (non-hydrogen) atoms. The summed E-state index contributed by atoms with van der Waals surface area (Å²) in [5.74, 6) is 0.972. The molecule has 1 aliphatic rings. The Kier molecular flexibility index (Phi) is 4.32. The molecule has 1 aliphatic heterocycles. The number of hydrogen-bond acceptors (Lipinski definition) is 5. The summed E-state index contributed by atoms with van der Waals surface area (Å²) in [7, 11) is 1.71. The molecule has 0 aromatic carbocycles. The molecule has 0 spiro atoms. The Hall–Kier alpha value is -2.18. The molecule has 4 heterocycles. The smallest absolute Gasteiger partial charge is 0.160 e. The summed E-state index contributed by atoms with van der Waals surface area (Å²) in [6.45, 7) is 3.60. The largest absolute Gasteiger partial charge is 0.472 e. The van der Waals surface area contributed by atoms with Crippen LogP contribution in [0.5, 0.6) is 0 Å². The highest BCUT2D eigenvalue weighted by Gasteiger charge is 2.25. The zero-order chi connectivity index (χ0) is 16.4. The van der Waals surface area contributed by atoms with Gasteiger partial charge in [-0.3, -0.25) is 4.90 Å². The van der Waals surface area contributed by atoms with Crippen LogP contribution in [0.25, 0.3) is 11.2 Å². The fourth-order valence-electron chi connectivity index (χ4n) is 3.57. The fourth-order valence-corrected chi connectivity index (χ4v) is 3.57. The highest BCUT2D eigenvalue weighted by molar-refractivity contribution is 5.71. The van der Waals surface area contributed by atoms with Crippen LogP contribution < -0.4 is 0 Å². The predicted molar refractivity (Wildman–Crippen MR) is 90.5 cm³/mol. The van der Waals surface area contributed by atoms with Crippen LogP contribution in [0, 0.1) is 0 Å². The first-order valence-electron chi connectivity index (χ1n) is 8.39. The quantitative estimate of drug-likeness (QED) is 0.721. The van der Waals surface area contributed by atoms with Crippen LogP contribution in [0.4, 0.5) is 0 Å². The molecule has 3 aromatic heterocycles. The molecule has 0 N–H and O–H groups in total. The van der Waals surface area contributed by atoms with Crippen molar-refractivity contribution in [2.24, 2.45) is 0 Å². The van der Waals surface area contributed by atoms with Crippen molar-refractivity contribution in [2.45, 2.75) is 32.0 Å². The summed E-state index contributed by atoms with van der Waals surface area (Å²) in [6.07, 6.45) is 7.59. The van der Waals surface area contributed by atoms with Crippen molar-refractivity contribution in [1.82, 2.24) is 19.4 Å². The van der Waals surface area contributed by atoms with E-state index in [1.807, 2.05) is 30.7 Å². The molecular weight excluding hydrogens is 304 g/mol. The number of hydrogen-bond donors (Lipinski definition) is 0. The van der Waals surface area contributed by atoms with E-state index in [4.69, 9.17) is 14.1 Å². The first-order valence-corrected chi connectivity index (χ1v) is 8.39. The maximum Gasteiger partial charge on any atom is 0.160 e. The molecule has 126 valence electrons. The zero-order valence-corrected chi connectivity index (χ0v) is 13.9. The third-order valence-electron chi connectivity index (χ3n) is 4.70. The highest BCUT2D eigenvalue weighted by atomic mass is 16.5. The van der Waals surface area contributed by atoms with E-state index in [1.54, 1.807) is 13.4 Å². The lowest BCUT2D eigenvalue weighted by molar-refractivity contribution is 0.156. The van der Waals surface area contributed by atoms with E-state index in [-0.39, 0.29) is 0 Å². The van der Waals surface area contributed by atoms with Crippen LogP contribution >= 0.6 is 0 Å². The van der Waals surface area contributed by atoms with Crippen molar-refractivity contribution in [3.8, 4) is 0 Å². The van der Waals surface area contributed by atoms with E-state index >= 15 is 0 Å². The predicted octanol–water partition coefficient (Wildman–Crippen LogP) is 3.01. The number of imidazole rings is 1. The maximum atomic E-state index is 5.35. The molecule has 0 amide bonds. The summed E-state index contributed by atoms with van der Waals surface area (Å²) in [5, 5.41) is 0. The van der Waals surface area contributed by atoms with Crippen molar-refractivity contribution >= 4 is 11.2 Å². The molecule has 0 aliphatic carbocycles. The van der Waals surface area contributed by atoms with Gasteiger partial charge in [0.15, 0.2) is 5.65 Å². The van der Waals surface area contributed by atoms with E-state index in [2.05, 4.69) is 14.5 Å². The van der Waals surface area contributed by atoms with Gasteiger partial charge in [-0.1, -0.05) is 0 Å². The summed E-state index contributed by atoms with van der Waals surface area (Å²) in [6, 6.07) is 6.42. The van der Waals surface area contributed by atoms with Crippen molar-refractivity contribution < 1.29 is 9.15 Å². The van der Waals surface area contributed by atoms with E-state index in [0.29, 0.717) is 12.6 Å². The molecular formula is C18H22N4O2. The normalized spacial score (nSPS) is 16.9. The molecule has 1 fully saturated rings. The first-order chi connectivity index (χ1) is 11.8. The van der Waals surface area contributed by atoms with Gasteiger partial charge in [0.1, 0.15) is 17.9 Å². The third-order valence-corrected chi connectivity index (χ3v) is 4.70. The number of piperidine rings is 1. The lowest BCUT2D eigenvalue weighted by Gasteiger charge is -2.33. The average molecular weight is 326 g/mol. The summed E-state index contributed by atoms with van der Waals surface area (Å²) in [5.41, 5.74) is 3.16. The number of aromatic nitrogens is 3. The Morgan fingerprint density at radius 3 is 2.92 bits per heavy atom. The van der Waals surface area contributed by atoms with Crippen molar-refractivity contribution in [2.75, 3.05) is 20.2 Å². The van der Waals surface area contributed by atoms with E-state index in [0.717, 1.165) is 49.5 Å². The Morgan fingerprint density at radius 2 is 2.17 bits per heavy atom. The molecule has 0 saturated carbocycles. The van der Waals surface area contributed by atoms with Crippen molar-refractivity contribution in [3.05, 3.63) is 48.3 Å². The number of likely N-dealkylation sites (tertiary alicyclic amines) is 1. The van der Waals surface area contributed by atoms with Gasteiger partial charge >= 0.3 is 0 Å². The van der Waals surface area contributed by atoms with Crippen LogP contribution in [0.1, 0.15) is 30.3 Å². The number of pyridine rings is 1. The van der Waals surface area contributed by atoms with E-state index in [1.165, 1.54) is 5.56 Å². The van der Waals surface area contributed by atoms with Gasteiger partial charge in [0.25, 0.3) is 0 Å². The lowest BCUT2D eigenvalue weighted by atomic mass is 10.0. The number of methoxy groups -OCH3 is 1. The van der Waals surface area contributed by atoms with E-state index in [9.17, 15) is 0 Å². The van der Waals surface area contributed by atoms with Gasteiger partial charge in [0.2, 0.25) is 0 Å². The Bertz CT molecular complexity index is 789. The number of nitrogens with zero attached hydrogens (tertiary/aromatic N) is 4. The molecule has 0 radical (unpaired) electrons. The van der Waals surface area contributed by atoms with Gasteiger partial charge < -0.3 is 13.7 Å². The molecule has 4 rings (SSSR count). The van der Waals surface area contributed by atoms with Gasteiger partial charge in [0, 0.05) is 44.5 Å². The maximum absolute atomic E-state index is 5.35. The Morgan fingerprint density at radius 1 is 1.29 bits per heavy atom. The molecule has 6 heteroatoms.